The van der Waals surface area contributed by atoms with Crippen molar-refractivity contribution in [2.24, 2.45) is 5.41 Å². The second-order valence-corrected chi connectivity index (χ2v) is 5.97. The highest BCUT2D eigenvalue weighted by molar-refractivity contribution is 7.18. The predicted molar refractivity (Wildman–Crippen MR) is 70.0 cm³/mol. The van der Waals surface area contributed by atoms with Gasteiger partial charge < -0.3 is 10.1 Å². The van der Waals surface area contributed by atoms with E-state index >= 15 is 0 Å². The Balaban J connectivity index is 1.96. The van der Waals surface area contributed by atoms with Crippen molar-refractivity contribution in [3.05, 3.63) is 16.3 Å². The Morgan fingerprint density at radius 3 is 2.94 bits per heavy atom. The molecule has 0 radical (unpaired) electrons. The first-order chi connectivity index (χ1) is 8.45. The highest BCUT2D eigenvalue weighted by Crippen LogP contribution is 2.44. The van der Waals surface area contributed by atoms with Gasteiger partial charge in [-0.15, -0.1) is 0 Å². The maximum Gasteiger partial charge on any atom is 0.345 e. The van der Waals surface area contributed by atoms with Gasteiger partial charge in [-0.2, -0.15) is 0 Å². The largest absolute Gasteiger partial charge is 0.378 e. The molecule has 0 spiro atoms. The molecular weight excluding hydrogens is 254 g/mol. The first-order valence-corrected chi connectivity index (χ1v) is 6.75. The highest BCUT2D eigenvalue weighted by atomic mass is 32.1. The molecule has 18 heavy (non-hydrogen) atoms. The minimum atomic E-state index is -0.419. The SMILES string of the molecule is CCOC1CC(Nc2ncc([N+](=O)[O-])s2)C1(C)C. The van der Waals surface area contributed by atoms with Crippen LogP contribution >= 0.6 is 11.3 Å². The van der Waals surface area contributed by atoms with Gasteiger partial charge in [0.05, 0.1) is 11.0 Å². The van der Waals surface area contributed by atoms with Gasteiger partial charge >= 0.3 is 5.00 Å². The zero-order valence-electron chi connectivity index (χ0n) is 10.7. The van der Waals surface area contributed by atoms with Gasteiger partial charge in [-0.25, -0.2) is 4.98 Å². The van der Waals surface area contributed by atoms with Crippen LogP contribution < -0.4 is 5.32 Å². The summed E-state index contributed by atoms with van der Waals surface area (Å²) in [6, 6.07) is 0.250. The Hall–Kier alpha value is -1.21. The summed E-state index contributed by atoms with van der Waals surface area (Å²) in [5.74, 6) is 0. The van der Waals surface area contributed by atoms with Gasteiger partial charge in [0.25, 0.3) is 0 Å². The van der Waals surface area contributed by atoms with Crippen molar-refractivity contribution < 1.29 is 9.66 Å². The summed E-state index contributed by atoms with van der Waals surface area (Å²) in [6.07, 6.45) is 2.45. The lowest BCUT2D eigenvalue weighted by Gasteiger charge is -2.51. The van der Waals surface area contributed by atoms with Crippen molar-refractivity contribution in [2.45, 2.75) is 39.3 Å². The molecule has 0 saturated heterocycles. The standard InChI is InChI=1S/C11H17N3O3S/c1-4-17-8-5-7(11(8,2)3)13-10-12-6-9(18-10)14(15)16/h6-8H,4-5H2,1-3H3,(H,12,13). The molecule has 2 rings (SSSR count). The fraction of sp³-hybridized carbons (Fsp3) is 0.727. The van der Waals surface area contributed by atoms with Crippen LogP contribution in [-0.2, 0) is 4.74 Å². The van der Waals surface area contributed by atoms with Crippen LogP contribution in [0.25, 0.3) is 0 Å². The Morgan fingerprint density at radius 2 is 2.44 bits per heavy atom. The lowest BCUT2D eigenvalue weighted by atomic mass is 9.64. The molecule has 1 aliphatic carbocycles. The van der Waals surface area contributed by atoms with Gasteiger partial charge in [0.1, 0.15) is 6.20 Å². The van der Waals surface area contributed by atoms with E-state index in [4.69, 9.17) is 4.74 Å². The Morgan fingerprint density at radius 1 is 1.72 bits per heavy atom. The molecule has 6 nitrogen and oxygen atoms in total. The fourth-order valence-corrected chi connectivity index (χ4v) is 2.86. The van der Waals surface area contributed by atoms with Crippen molar-refractivity contribution in [1.29, 1.82) is 0 Å². The first-order valence-electron chi connectivity index (χ1n) is 5.93. The van der Waals surface area contributed by atoms with Crippen molar-refractivity contribution in [1.82, 2.24) is 4.98 Å². The molecule has 2 atom stereocenters. The van der Waals surface area contributed by atoms with Crippen molar-refractivity contribution in [3.63, 3.8) is 0 Å². The number of ether oxygens (including phenoxy) is 1. The molecule has 0 bridgehead atoms. The van der Waals surface area contributed by atoms with Gasteiger partial charge in [-0.3, -0.25) is 10.1 Å². The lowest BCUT2D eigenvalue weighted by molar-refractivity contribution is -0.380. The number of nitro groups is 1. The van der Waals surface area contributed by atoms with Gasteiger partial charge in [-0.05, 0) is 24.7 Å². The summed E-state index contributed by atoms with van der Waals surface area (Å²) >= 11 is 1.07. The van der Waals surface area contributed by atoms with Crippen LogP contribution in [0.2, 0.25) is 0 Å². The minimum absolute atomic E-state index is 0.0243. The molecule has 100 valence electrons. The molecule has 1 aliphatic rings. The van der Waals surface area contributed by atoms with Crippen LogP contribution in [0.4, 0.5) is 10.1 Å². The summed E-state index contributed by atoms with van der Waals surface area (Å²) in [5.41, 5.74) is 0.0243. The third-order valence-corrected chi connectivity index (χ3v) is 4.40. The normalized spacial score (nSPS) is 25.5. The monoisotopic (exact) mass is 271 g/mol. The average molecular weight is 271 g/mol. The van der Waals surface area contributed by atoms with E-state index in [1.54, 1.807) is 0 Å². The fourth-order valence-electron chi connectivity index (χ4n) is 2.18. The first kappa shape index (κ1) is 13.2. The zero-order chi connectivity index (χ0) is 13.3. The second-order valence-electron chi connectivity index (χ2n) is 4.96. The maximum atomic E-state index is 10.6. The molecular formula is C11H17N3O3S. The van der Waals surface area contributed by atoms with Crippen LogP contribution in [0.5, 0.6) is 0 Å². The number of nitrogens with one attached hydrogen (secondary N) is 1. The third kappa shape index (κ3) is 2.32. The van der Waals surface area contributed by atoms with Gasteiger partial charge in [0, 0.05) is 18.1 Å². The van der Waals surface area contributed by atoms with E-state index in [-0.39, 0.29) is 22.6 Å². The molecule has 0 amide bonds. The van der Waals surface area contributed by atoms with E-state index < -0.39 is 4.92 Å². The molecule has 1 saturated carbocycles. The number of aromatic nitrogens is 1. The number of nitrogens with zero attached hydrogens (tertiary/aromatic N) is 2. The van der Waals surface area contributed by atoms with Crippen LogP contribution in [0, 0.1) is 15.5 Å². The number of rotatable bonds is 5. The van der Waals surface area contributed by atoms with Crippen LogP contribution in [0.1, 0.15) is 27.2 Å². The molecule has 1 N–H and O–H groups in total. The van der Waals surface area contributed by atoms with E-state index in [0.717, 1.165) is 17.8 Å². The molecule has 0 aliphatic heterocycles. The minimum Gasteiger partial charge on any atom is -0.378 e. The second kappa shape index (κ2) is 4.81. The highest BCUT2D eigenvalue weighted by Gasteiger charge is 2.49. The van der Waals surface area contributed by atoms with E-state index in [1.807, 2.05) is 6.92 Å². The van der Waals surface area contributed by atoms with E-state index in [0.29, 0.717) is 11.7 Å². The van der Waals surface area contributed by atoms with Crippen LogP contribution in [0.15, 0.2) is 6.20 Å². The molecule has 1 heterocycles. The zero-order valence-corrected chi connectivity index (χ0v) is 11.5. The molecule has 1 aromatic heterocycles. The Labute approximate surface area is 110 Å². The van der Waals surface area contributed by atoms with E-state index in [1.165, 1.54) is 6.20 Å². The molecule has 1 fully saturated rings. The van der Waals surface area contributed by atoms with Gasteiger partial charge in [0.2, 0.25) is 0 Å². The third-order valence-electron chi connectivity index (χ3n) is 3.52. The quantitative estimate of drug-likeness (QED) is 0.658. The maximum absolute atomic E-state index is 10.6. The van der Waals surface area contributed by atoms with Gasteiger partial charge in [-0.1, -0.05) is 13.8 Å². The van der Waals surface area contributed by atoms with Crippen LogP contribution in [0.3, 0.4) is 0 Å². The number of hydrogen-bond acceptors (Lipinski definition) is 6. The number of thiazole rings is 1. The van der Waals surface area contributed by atoms with E-state index in [2.05, 4.69) is 24.1 Å². The average Bonchev–Trinajstić information content (AvgIpc) is 2.76. The van der Waals surface area contributed by atoms with Crippen molar-refractivity contribution >= 4 is 21.5 Å². The topological polar surface area (TPSA) is 77.3 Å². The predicted octanol–water partition coefficient (Wildman–Crippen LogP) is 2.67. The number of anilines is 1. The van der Waals surface area contributed by atoms with Crippen molar-refractivity contribution in [3.8, 4) is 0 Å². The molecule has 2 unspecified atom stereocenters. The molecule has 0 aromatic carbocycles. The van der Waals surface area contributed by atoms with Crippen molar-refractivity contribution in [2.75, 3.05) is 11.9 Å². The van der Waals surface area contributed by atoms with E-state index in [9.17, 15) is 10.1 Å². The number of hydrogen-bond donors (Lipinski definition) is 1. The lowest BCUT2D eigenvalue weighted by Crippen LogP contribution is -2.58. The Kier molecular flexibility index (Phi) is 3.54. The Bertz CT molecular complexity index is 446. The van der Waals surface area contributed by atoms with Gasteiger partial charge in [0.15, 0.2) is 5.13 Å². The summed E-state index contributed by atoms with van der Waals surface area (Å²) in [6.45, 7) is 6.97. The summed E-state index contributed by atoms with van der Waals surface area (Å²) in [5, 5.41) is 14.5. The molecule has 7 heteroatoms. The summed E-state index contributed by atoms with van der Waals surface area (Å²) in [7, 11) is 0. The van der Waals surface area contributed by atoms with Crippen LogP contribution in [-0.4, -0.2) is 28.7 Å². The summed E-state index contributed by atoms with van der Waals surface area (Å²) in [4.78, 5) is 14.2. The summed E-state index contributed by atoms with van der Waals surface area (Å²) < 4.78 is 5.64. The smallest absolute Gasteiger partial charge is 0.345 e. The molecule has 1 aromatic rings.